The van der Waals surface area contributed by atoms with Crippen LogP contribution < -0.4 is 9.47 Å². The first-order valence-electron chi connectivity index (χ1n) is 7.82. The summed E-state index contributed by atoms with van der Waals surface area (Å²) in [4.78, 5) is 23.7. The van der Waals surface area contributed by atoms with Gasteiger partial charge in [-0.25, -0.2) is 9.59 Å². The molecule has 0 saturated heterocycles. The molecule has 0 N–H and O–H groups in total. The van der Waals surface area contributed by atoms with E-state index in [1.54, 1.807) is 6.07 Å². The molecule has 26 heavy (non-hydrogen) atoms. The van der Waals surface area contributed by atoms with E-state index in [0.717, 1.165) is 0 Å². The van der Waals surface area contributed by atoms with Crippen LogP contribution in [0.3, 0.4) is 0 Å². The Kier molecular flexibility index (Phi) is 5.34. The molecular formula is C20H16O6. The smallest absolute Gasteiger partial charge is 0.380 e. The fourth-order valence-corrected chi connectivity index (χ4v) is 2.24. The van der Waals surface area contributed by atoms with Crippen molar-refractivity contribution in [2.75, 3.05) is 7.11 Å². The summed E-state index contributed by atoms with van der Waals surface area (Å²) in [6.45, 7) is 0.173. The standard InChI is InChI=1S/C20H16O6/c1-23-19(21)14-7-9-17(10-8-14)26-20(22)18-15(11-12-24-18)13-25-16-5-3-2-4-6-16/h2-12H,13H2,1H3. The Bertz CT molecular complexity index is 880. The van der Waals surface area contributed by atoms with Crippen molar-refractivity contribution in [1.82, 2.24) is 0 Å². The van der Waals surface area contributed by atoms with Gasteiger partial charge in [-0.1, -0.05) is 18.2 Å². The Morgan fingerprint density at radius 1 is 0.885 bits per heavy atom. The number of para-hydroxylation sites is 1. The molecule has 0 amide bonds. The Morgan fingerprint density at radius 3 is 2.31 bits per heavy atom. The fourth-order valence-electron chi connectivity index (χ4n) is 2.24. The summed E-state index contributed by atoms with van der Waals surface area (Å²) >= 11 is 0. The van der Waals surface area contributed by atoms with Gasteiger partial charge in [0, 0.05) is 5.56 Å². The number of esters is 2. The third kappa shape index (κ3) is 4.10. The molecule has 1 heterocycles. The number of ether oxygens (including phenoxy) is 3. The van der Waals surface area contributed by atoms with Crippen molar-refractivity contribution >= 4 is 11.9 Å². The van der Waals surface area contributed by atoms with Gasteiger partial charge in [-0.15, -0.1) is 0 Å². The maximum atomic E-state index is 12.3. The van der Waals surface area contributed by atoms with Gasteiger partial charge in [0.2, 0.25) is 5.76 Å². The number of methoxy groups -OCH3 is 1. The van der Waals surface area contributed by atoms with Crippen molar-refractivity contribution in [1.29, 1.82) is 0 Å². The van der Waals surface area contributed by atoms with Crippen LogP contribution in [0, 0.1) is 0 Å². The highest BCUT2D eigenvalue weighted by Crippen LogP contribution is 2.19. The first-order valence-corrected chi connectivity index (χ1v) is 7.82. The Hall–Kier alpha value is -3.54. The van der Waals surface area contributed by atoms with Gasteiger partial charge in [0.1, 0.15) is 18.1 Å². The normalized spacial score (nSPS) is 10.2. The van der Waals surface area contributed by atoms with Gasteiger partial charge >= 0.3 is 11.9 Å². The average Bonchev–Trinajstić information content (AvgIpc) is 3.16. The van der Waals surface area contributed by atoms with Crippen molar-refractivity contribution in [3.63, 3.8) is 0 Å². The quantitative estimate of drug-likeness (QED) is 0.495. The summed E-state index contributed by atoms with van der Waals surface area (Å²) in [6.07, 6.45) is 1.40. The van der Waals surface area contributed by atoms with E-state index in [1.165, 1.54) is 37.6 Å². The molecule has 0 bridgehead atoms. The molecule has 0 aliphatic carbocycles. The van der Waals surface area contributed by atoms with Crippen LogP contribution in [-0.4, -0.2) is 19.0 Å². The van der Waals surface area contributed by atoms with Crippen LogP contribution in [0.5, 0.6) is 11.5 Å². The summed E-state index contributed by atoms with van der Waals surface area (Å²) in [5.74, 6) is -0.0693. The van der Waals surface area contributed by atoms with E-state index in [1.807, 2.05) is 30.3 Å². The average molecular weight is 352 g/mol. The van der Waals surface area contributed by atoms with Gasteiger partial charge in [0.25, 0.3) is 0 Å². The highest BCUT2D eigenvalue weighted by Gasteiger charge is 2.18. The molecule has 0 spiro atoms. The van der Waals surface area contributed by atoms with E-state index in [4.69, 9.17) is 13.9 Å². The second-order valence-corrected chi connectivity index (χ2v) is 5.28. The Labute approximate surface area is 149 Å². The molecule has 6 nitrogen and oxygen atoms in total. The molecule has 0 radical (unpaired) electrons. The van der Waals surface area contributed by atoms with E-state index < -0.39 is 11.9 Å². The largest absolute Gasteiger partial charge is 0.489 e. The number of hydrogen-bond donors (Lipinski definition) is 0. The predicted molar refractivity (Wildman–Crippen MR) is 92.2 cm³/mol. The maximum absolute atomic E-state index is 12.3. The van der Waals surface area contributed by atoms with Gasteiger partial charge in [-0.3, -0.25) is 0 Å². The molecule has 0 unspecified atom stereocenters. The van der Waals surface area contributed by atoms with Crippen molar-refractivity contribution in [3.8, 4) is 11.5 Å². The maximum Gasteiger partial charge on any atom is 0.380 e. The molecule has 0 fully saturated rings. The zero-order valence-corrected chi connectivity index (χ0v) is 14.0. The molecule has 2 aromatic carbocycles. The minimum atomic E-state index is -0.646. The first kappa shape index (κ1) is 17.3. The summed E-state index contributed by atoms with van der Waals surface area (Å²) in [5, 5.41) is 0. The number of furan rings is 1. The number of rotatable bonds is 6. The SMILES string of the molecule is COC(=O)c1ccc(OC(=O)c2occc2COc2ccccc2)cc1. The summed E-state index contributed by atoms with van der Waals surface area (Å²) in [6, 6.07) is 16.9. The first-order chi connectivity index (χ1) is 12.7. The molecule has 0 saturated carbocycles. The highest BCUT2D eigenvalue weighted by molar-refractivity contribution is 5.91. The number of carbonyl (C=O) groups excluding carboxylic acids is 2. The summed E-state index contributed by atoms with van der Waals surface area (Å²) < 4.78 is 20.8. The minimum Gasteiger partial charge on any atom is -0.489 e. The van der Waals surface area contributed by atoms with Crippen molar-refractivity contribution in [3.05, 3.63) is 83.8 Å². The molecule has 0 atom stereocenters. The molecule has 0 aliphatic heterocycles. The molecule has 3 rings (SSSR count). The molecular weight excluding hydrogens is 336 g/mol. The van der Waals surface area contributed by atoms with Gasteiger partial charge in [-0.2, -0.15) is 0 Å². The molecule has 0 aliphatic rings. The zero-order chi connectivity index (χ0) is 18.4. The van der Waals surface area contributed by atoms with Gasteiger partial charge in [0.15, 0.2) is 0 Å². The third-order valence-corrected chi connectivity index (χ3v) is 3.56. The zero-order valence-electron chi connectivity index (χ0n) is 14.0. The lowest BCUT2D eigenvalue weighted by atomic mass is 10.2. The highest BCUT2D eigenvalue weighted by atomic mass is 16.5. The van der Waals surface area contributed by atoms with Crippen LogP contribution in [0.25, 0.3) is 0 Å². The van der Waals surface area contributed by atoms with Crippen LogP contribution in [0.4, 0.5) is 0 Å². The second-order valence-electron chi connectivity index (χ2n) is 5.28. The van der Waals surface area contributed by atoms with E-state index in [-0.39, 0.29) is 18.1 Å². The second kappa shape index (κ2) is 8.02. The van der Waals surface area contributed by atoms with Crippen LogP contribution in [0.2, 0.25) is 0 Å². The lowest BCUT2D eigenvalue weighted by Gasteiger charge is -2.07. The number of benzene rings is 2. The van der Waals surface area contributed by atoms with Crippen LogP contribution in [-0.2, 0) is 11.3 Å². The van der Waals surface area contributed by atoms with E-state index in [2.05, 4.69) is 4.74 Å². The Morgan fingerprint density at radius 2 is 1.62 bits per heavy atom. The number of carbonyl (C=O) groups is 2. The molecule has 1 aromatic heterocycles. The van der Waals surface area contributed by atoms with E-state index in [9.17, 15) is 9.59 Å². The third-order valence-electron chi connectivity index (χ3n) is 3.56. The van der Waals surface area contributed by atoms with Crippen LogP contribution >= 0.6 is 0 Å². The summed E-state index contributed by atoms with van der Waals surface area (Å²) in [7, 11) is 1.30. The van der Waals surface area contributed by atoms with E-state index >= 15 is 0 Å². The molecule has 3 aromatic rings. The minimum absolute atomic E-state index is 0.0676. The van der Waals surface area contributed by atoms with E-state index in [0.29, 0.717) is 16.9 Å². The van der Waals surface area contributed by atoms with Gasteiger partial charge in [-0.05, 0) is 42.5 Å². The topological polar surface area (TPSA) is 75.0 Å². The van der Waals surface area contributed by atoms with Crippen molar-refractivity contribution in [2.45, 2.75) is 6.61 Å². The number of hydrogen-bond acceptors (Lipinski definition) is 6. The van der Waals surface area contributed by atoms with Gasteiger partial charge < -0.3 is 18.6 Å². The predicted octanol–water partition coefficient (Wildman–Crippen LogP) is 3.86. The molecule has 6 heteroatoms. The lowest BCUT2D eigenvalue weighted by molar-refractivity contribution is 0.0600. The molecule has 132 valence electrons. The Balaban J connectivity index is 1.65. The lowest BCUT2D eigenvalue weighted by Crippen LogP contribution is -2.11. The van der Waals surface area contributed by atoms with Crippen LogP contribution in [0.15, 0.2) is 71.3 Å². The van der Waals surface area contributed by atoms with Gasteiger partial charge in [0.05, 0.1) is 18.9 Å². The summed E-state index contributed by atoms with van der Waals surface area (Å²) in [5.41, 5.74) is 0.937. The van der Waals surface area contributed by atoms with Crippen molar-refractivity contribution < 1.29 is 28.2 Å². The monoisotopic (exact) mass is 352 g/mol. The van der Waals surface area contributed by atoms with Crippen molar-refractivity contribution in [2.24, 2.45) is 0 Å². The van der Waals surface area contributed by atoms with Crippen LogP contribution in [0.1, 0.15) is 26.5 Å². The fraction of sp³-hybridized carbons (Fsp3) is 0.100.